The van der Waals surface area contributed by atoms with Crippen LogP contribution in [0.25, 0.3) is 22.1 Å². The molecule has 2 aromatic carbocycles. The van der Waals surface area contributed by atoms with E-state index in [4.69, 9.17) is 4.42 Å². The summed E-state index contributed by atoms with van der Waals surface area (Å²) in [5.74, 6) is 0.505. The van der Waals surface area contributed by atoms with E-state index in [0.717, 1.165) is 22.1 Å². The van der Waals surface area contributed by atoms with Gasteiger partial charge in [-0.15, -0.1) is 0 Å². The number of rotatable bonds is 3. The predicted octanol–water partition coefficient (Wildman–Crippen LogP) is 4.69. The number of Topliss-reactive ketones (excluding diaryl/α,β-unsaturated/α-hetero) is 1. The molecule has 0 bridgehead atoms. The average Bonchev–Trinajstić information content (AvgIpc) is 2.86. The van der Waals surface area contributed by atoms with Crippen LogP contribution in [-0.4, -0.2) is 5.78 Å². The number of para-hydroxylation sites is 1. The molecule has 0 aliphatic carbocycles. The molecule has 0 atom stereocenters. The van der Waals surface area contributed by atoms with Crippen LogP contribution in [0.1, 0.15) is 23.9 Å². The van der Waals surface area contributed by atoms with Gasteiger partial charge in [0, 0.05) is 17.4 Å². The van der Waals surface area contributed by atoms with Gasteiger partial charge in [-0.05, 0) is 11.6 Å². The van der Waals surface area contributed by atoms with Gasteiger partial charge in [0.1, 0.15) is 5.58 Å². The van der Waals surface area contributed by atoms with Crippen molar-refractivity contribution in [3.05, 3.63) is 60.4 Å². The van der Waals surface area contributed by atoms with E-state index in [-0.39, 0.29) is 5.78 Å². The van der Waals surface area contributed by atoms with E-state index < -0.39 is 0 Å². The molecule has 3 aromatic rings. The summed E-state index contributed by atoms with van der Waals surface area (Å²) in [6.45, 7) is 1.85. The van der Waals surface area contributed by atoms with Crippen LogP contribution >= 0.6 is 0 Å². The van der Waals surface area contributed by atoms with Crippen LogP contribution in [0, 0.1) is 0 Å². The lowest BCUT2D eigenvalue weighted by Crippen LogP contribution is -1.96. The molecule has 0 N–H and O–H groups in total. The summed E-state index contributed by atoms with van der Waals surface area (Å²) >= 11 is 0. The van der Waals surface area contributed by atoms with Crippen LogP contribution in [0.4, 0.5) is 0 Å². The Morgan fingerprint density at radius 3 is 2.42 bits per heavy atom. The number of fused-ring (bicyclic) bond motifs is 1. The summed E-state index contributed by atoms with van der Waals surface area (Å²) in [4.78, 5) is 12.1. The van der Waals surface area contributed by atoms with Crippen molar-refractivity contribution in [3.8, 4) is 11.1 Å². The maximum atomic E-state index is 12.1. The Balaban J connectivity index is 2.34. The molecular weight excluding hydrogens is 236 g/mol. The van der Waals surface area contributed by atoms with Gasteiger partial charge in [0.05, 0.1) is 0 Å². The van der Waals surface area contributed by atoms with Crippen molar-refractivity contribution in [1.82, 2.24) is 0 Å². The molecule has 2 heteroatoms. The van der Waals surface area contributed by atoms with Gasteiger partial charge < -0.3 is 4.42 Å². The lowest BCUT2D eigenvalue weighted by molar-refractivity contribution is 0.0964. The summed E-state index contributed by atoms with van der Waals surface area (Å²) in [7, 11) is 0. The van der Waals surface area contributed by atoms with Crippen molar-refractivity contribution >= 4 is 16.8 Å². The number of carbonyl (C=O) groups is 1. The number of furan rings is 1. The number of benzene rings is 2. The molecule has 0 spiro atoms. The number of hydrogen-bond donors (Lipinski definition) is 0. The molecule has 94 valence electrons. The molecule has 0 radical (unpaired) electrons. The highest BCUT2D eigenvalue weighted by atomic mass is 16.3. The predicted molar refractivity (Wildman–Crippen MR) is 76.3 cm³/mol. The van der Waals surface area contributed by atoms with Crippen molar-refractivity contribution in [2.45, 2.75) is 13.3 Å². The molecule has 0 fully saturated rings. The zero-order chi connectivity index (χ0) is 13.2. The molecule has 1 heterocycles. The van der Waals surface area contributed by atoms with E-state index in [2.05, 4.69) is 0 Å². The van der Waals surface area contributed by atoms with Crippen molar-refractivity contribution in [2.75, 3.05) is 0 Å². The number of ketones is 1. The van der Waals surface area contributed by atoms with Crippen LogP contribution in [0.3, 0.4) is 0 Å². The lowest BCUT2D eigenvalue weighted by atomic mass is 10.00. The minimum absolute atomic E-state index is 0.0371. The Hall–Kier alpha value is -2.35. The molecule has 3 rings (SSSR count). The van der Waals surface area contributed by atoms with Crippen molar-refractivity contribution < 1.29 is 9.21 Å². The first kappa shape index (κ1) is 11.7. The van der Waals surface area contributed by atoms with E-state index in [9.17, 15) is 4.79 Å². The first-order valence-corrected chi connectivity index (χ1v) is 6.41. The monoisotopic (exact) mass is 250 g/mol. The van der Waals surface area contributed by atoms with E-state index in [1.165, 1.54) is 0 Å². The van der Waals surface area contributed by atoms with Gasteiger partial charge >= 0.3 is 0 Å². The normalized spacial score (nSPS) is 10.8. The molecule has 1 aromatic heterocycles. The van der Waals surface area contributed by atoms with Crippen molar-refractivity contribution in [3.63, 3.8) is 0 Å². The summed E-state index contributed by atoms with van der Waals surface area (Å²) in [5, 5.41) is 0.991. The molecule has 0 saturated carbocycles. The van der Waals surface area contributed by atoms with Crippen LogP contribution in [0.15, 0.2) is 59.0 Å². The molecule has 19 heavy (non-hydrogen) atoms. The summed E-state index contributed by atoms with van der Waals surface area (Å²) < 4.78 is 5.76. The van der Waals surface area contributed by atoms with Crippen LogP contribution in [-0.2, 0) is 0 Å². The van der Waals surface area contributed by atoms with Gasteiger partial charge in [-0.3, -0.25) is 4.79 Å². The van der Waals surface area contributed by atoms with E-state index in [1.54, 1.807) is 0 Å². The van der Waals surface area contributed by atoms with Gasteiger partial charge in [0.2, 0.25) is 0 Å². The van der Waals surface area contributed by atoms with E-state index in [1.807, 2.05) is 61.5 Å². The second-order valence-corrected chi connectivity index (χ2v) is 4.45. The third-order valence-corrected chi connectivity index (χ3v) is 3.23. The summed E-state index contributed by atoms with van der Waals surface area (Å²) in [5.41, 5.74) is 2.69. The molecule has 0 aliphatic heterocycles. The minimum Gasteiger partial charge on any atom is -0.452 e. The Kier molecular flexibility index (Phi) is 2.92. The van der Waals surface area contributed by atoms with Gasteiger partial charge in [0.15, 0.2) is 11.5 Å². The fraction of sp³-hybridized carbons (Fsp3) is 0.118. The van der Waals surface area contributed by atoms with Gasteiger partial charge in [-0.25, -0.2) is 0 Å². The topological polar surface area (TPSA) is 30.2 Å². The van der Waals surface area contributed by atoms with Crippen LogP contribution < -0.4 is 0 Å². The highest BCUT2D eigenvalue weighted by Crippen LogP contribution is 2.35. The SMILES string of the molecule is CCC(=O)c1oc2ccccc2c1-c1ccccc1. The Bertz CT molecular complexity index is 723. The molecule has 0 amide bonds. The van der Waals surface area contributed by atoms with Crippen molar-refractivity contribution in [1.29, 1.82) is 0 Å². The second-order valence-electron chi connectivity index (χ2n) is 4.45. The zero-order valence-corrected chi connectivity index (χ0v) is 10.7. The molecule has 0 unspecified atom stereocenters. The first-order valence-electron chi connectivity index (χ1n) is 6.41. The van der Waals surface area contributed by atoms with Gasteiger partial charge in [-0.2, -0.15) is 0 Å². The van der Waals surface area contributed by atoms with E-state index >= 15 is 0 Å². The number of hydrogen-bond acceptors (Lipinski definition) is 2. The molecule has 0 aliphatic rings. The molecular formula is C17H14O2. The second kappa shape index (κ2) is 4.73. The Morgan fingerprint density at radius 1 is 1.00 bits per heavy atom. The van der Waals surface area contributed by atoms with Gasteiger partial charge in [-0.1, -0.05) is 55.5 Å². The Labute approximate surface area is 111 Å². The fourth-order valence-electron chi connectivity index (χ4n) is 2.29. The third-order valence-electron chi connectivity index (χ3n) is 3.23. The largest absolute Gasteiger partial charge is 0.452 e. The minimum atomic E-state index is 0.0371. The maximum absolute atomic E-state index is 12.1. The molecule has 0 saturated heterocycles. The maximum Gasteiger partial charge on any atom is 0.198 e. The quantitative estimate of drug-likeness (QED) is 0.631. The van der Waals surface area contributed by atoms with Crippen LogP contribution in [0.5, 0.6) is 0 Å². The van der Waals surface area contributed by atoms with E-state index in [0.29, 0.717) is 12.2 Å². The zero-order valence-electron chi connectivity index (χ0n) is 10.7. The smallest absolute Gasteiger partial charge is 0.198 e. The average molecular weight is 250 g/mol. The third kappa shape index (κ3) is 1.95. The Morgan fingerprint density at radius 2 is 1.68 bits per heavy atom. The fourth-order valence-corrected chi connectivity index (χ4v) is 2.29. The summed E-state index contributed by atoms with van der Waals surface area (Å²) in [6, 6.07) is 17.7. The van der Waals surface area contributed by atoms with Crippen LogP contribution in [0.2, 0.25) is 0 Å². The molecule has 2 nitrogen and oxygen atoms in total. The standard InChI is InChI=1S/C17H14O2/c1-2-14(18)17-16(12-8-4-3-5-9-12)13-10-6-7-11-15(13)19-17/h3-11H,2H2,1H3. The lowest BCUT2D eigenvalue weighted by Gasteiger charge is -2.01. The first-order chi connectivity index (χ1) is 9.31. The number of carbonyl (C=O) groups excluding carboxylic acids is 1. The van der Waals surface area contributed by atoms with Crippen molar-refractivity contribution in [2.24, 2.45) is 0 Å². The van der Waals surface area contributed by atoms with Gasteiger partial charge in [0.25, 0.3) is 0 Å². The summed E-state index contributed by atoms with van der Waals surface area (Å²) in [6.07, 6.45) is 0.444. The highest BCUT2D eigenvalue weighted by Gasteiger charge is 2.19. The highest BCUT2D eigenvalue weighted by molar-refractivity contribution is 6.08.